The van der Waals surface area contributed by atoms with Crippen LogP contribution in [-0.4, -0.2) is 18.1 Å². The van der Waals surface area contributed by atoms with E-state index in [4.69, 9.17) is 4.42 Å². The molecule has 0 fully saturated rings. The van der Waals surface area contributed by atoms with E-state index in [-0.39, 0.29) is 11.6 Å². The standard InChI is InChI=1S/C15H17NO3/c1-9-10(2)15(18)13(11(3)14(9)17)4-6-16-12-5-7-19-8-12/h5,7-8,16H,4,6H2,1-3H3. The average molecular weight is 259 g/mol. The highest BCUT2D eigenvalue weighted by Crippen LogP contribution is 2.26. The van der Waals surface area contributed by atoms with Gasteiger partial charge in [0, 0.05) is 28.8 Å². The quantitative estimate of drug-likeness (QED) is 0.845. The Labute approximate surface area is 112 Å². The number of carbonyl (C=O) groups is 2. The zero-order valence-corrected chi connectivity index (χ0v) is 11.4. The molecule has 0 bridgehead atoms. The van der Waals surface area contributed by atoms with Crippen LogP contribution in [0.4, 0.5) is 5.69 Å². The Balaban J connectivity index is 2.07. The Hall–Kier alpha value is -2.10. The van der Waals surface area contributed by atoms with E-state index in [9.17, 15) is 9.59 Å². The molecular weight excluding hydrogens is 242 g/mol. The summed E-state index contributed by atoms with van der Waals surface area (Å²) in [6.45, 7) is 5.74. The summed E-state index contributed by atoms with van der Waals surface area (Å²) in [4.78, 5) is 24.1. The molecule has 0 atom stereocenters. The predicted octanol–water partition coefficient (Wildman–Crippen LogP) is 2.89. The van der Waals surface area contributed by atoms with Gasteiger partial charge in [-0.2, -0.15) is 0 Å². The summed E-state index contributed by atoms with van der Waals surface area (Å²) in [7, 11) is 0. The van der Waals surface area contributed by atoms with Gasteiger partial charge in [-0.1, -0.05) is 0 Å². The van der Waals surface area contributed by atoms with E-state index in [1.165, 1.54) is 0 Å². The van der Waals surface area contributed by atoms with Crippen LogP contribution in [0, 0.1) is 0 Å². The summed E-state index contributed by atoms with van der Waals surface area (Å²) < 4.78 is 4.94. The van der Waals surface area contributed by atoms with E-state index >= 15 is 0 Å². The van der Waals surface area contributed by atoms with Gasteiger partial charge in [-0.05, 0) is 33.3 Å². The van der Waals surface area contributed by atoms with Crippen molar-refractivity contribution in [3.05, 3.63) is 40.9 Å². The molecule has 2 rings (SSSR count). The molecule has 0 radical (unpaired) electrons. The molecule has 0 unspecified atom stereocenters. The van der Waals surface area contributed by atoms with Gasteiger partial charge in [-0.15, -0.1) is 0 Å². The smallest absolute Gasteiger partial charge is 0.185 e. The van der Waals surface area contributed by atoms with Crippen molar-refractivity contribution in [2.75, 3.05) is 11.9 Å². The number of carbonyl (C=O) groups excluding carboxylic acids is 2. The largest absolute Gasteiger partial charge is 0.470 e. The minimum atomic E-state index is -0.0181. The van der Waals surface area contributed by atoms with Gasteiger partial charge in [-0.25, -0.2) is 0 Å². The number of rotatable bonds is 4. The average Bonchev–Trinajstić information content (AvgIpc) is 2.91. The molecule has 0 aromatic carbocycles. The van der Waals surface area contributed by atoms with Gasteiger partial charge in [0.2, 0.25) is 0 Å². The highest BCUT2D eigenvalue weighted by molar-refractivity contribution is 6.24. The van der Waals surface area contributed by atoms with Gasteiger partial charge >= 0.3 is 0 Å². The van der Waals surface area contributed by atoms with E-state index in [0.717, 1.165) is 5.69 Å². The fourth-order valence-corrected chi connectivity index (χ4v) is 2.15. The number of Topliss-reactive ketones (excluding diaryl/α,β-unsaturated/α-hetero) is 2. The first-order valence-electron chi connectivity index (χ1n) is 6.25. The maximum Gasteiger partial charge on any atom is 0.185 e. The fourth-order valence-electron chi connectivity index (χ4n) is 2.15. The Bertz CT molecular complexity index is 577. The van der Waals surface area contributed by atoms with E-state index in [1.54, 1.807) is 33.3 Å². The molecule has 1 N–H and O–H groups in total. The maximum atomic E-state index is 12.2. The molecule has 19 heavy (non-hydrogen) atoms. The first-order valence-corrected chi connectivity index (χ1v) is 6.25. The van der Waals surface area contributed by atoms with Crippen molar-refractivity contribution in [2.24, 2.45) is 0 Å². The first kappa shape index (κ1) is 13.3. The van der Waals surface area contributed by atoms with Crippen molar-refractivity contribution in [1.29, 1.82) is 0 Å². The van der Waals surface area contributed by atoms with Crippen molar-refractivity contribution < 1.29 is 14.0 Å². The third-order valence-corrected chi connectivity index (χ3v) is 3.54. The van der Waals surface area contributed by atoms with Crippen LogP contribution in [-0.2, 0) is 9.59 Å². The third kappa shape index (κ3) is 2.52. The summed E-state index contributed by atoms with van der Waals surface area (Å²) in [6, 6.07) is 1.81. The molecule has 0 saturated heterocycles. The number of ketones is 2. The van der Waals surface area contributed by atoms with Crippen LogP contribution in [0.25, 0.3) is 0 Å². The molecule has 1 aliphatic rings. The van der Waals surface area contributed by atoms with Crippen LogP contribution in [0.3, 0.4) is 0 Å². The Morgan fingerprint density at radius 3 is 2.37 bits per heavy atom. The van der Waals surface area contributed by atoms with Crippen LogP contribution < -0.4 is 5.32 Å². The zero-order valence-electron chi connectivity index (χ0n) is 11.4. The molecule has 4 nitrogen and oxygen atoms in total. The van der Waals surface area contributed by atoms with Gasteiger partial charge in [0.1, 0.15) is 6.26 Å². The lowest BCUT2D eigenvalue weighted by atomic mass is 9.84. The van der Waals surface area contributed by atoms with Crippen LogP contribution in [0.5, 0.6) is 0 Å². The van der Waals surface area contributed by atoms with Gasteiger partial charge < -0.3 is 9.73 Å². The monoisotopic (exact) mass is 259 g/mol. The molecular formula is C15H17NO3. The molecule has 1 aromatic heterocycles. The lowest BCUT2D eigenvalue weighted by molar-refractivity contribution is -0.116. The Kier molecular flexibility index (Phi) is 3.69. The molecule has 0 aliphatic heterocycles. The van der Waals surface area contributed by atoms with Crippen molar-refractivity contribution in [3.8, 4) is 0 Å². The lowest BCUT2D eigenvalue weighted by Crippen LogP contribution is -2.22. The van der Waals surface area contributed by atoms with Gasteiger partial charge in [0.25, 0.3) is 0 Å². The molecule has 0 amide bonds. The molecule has 1 heterocycles. The van der Waals surface area contributed by atoms with E-state index < -0.39 is 0 Å². The zero-order chi connectivity index (χ0) is 14.0. The summed E-state index contributed by atoms with van der Waals surface area (Å²) in [6.07, 6.45) is 3.72. The second-order valence-corrected chi connectivity index (χ2v) is 4.70. The molecule has 1 aliphatic carbocycles. The van der Waals surface area contributed by atoms with Gasteiger partial charge in [0.15, 0.2) is 11.6 Å². The summed E-state index contributed by atoms with van der Waals surface area (Å²) in [5.41, 5.74) is 3.19. The molecule has 1 aromatic rings. The summed E-state index contributed by atoms with van der Waals surface area (Å²) in [5.74, 6) is -0.0287. The lowest BCUT2D eigenvalue weighted by Gasteiger charge is -2.18. The number of hydrogen-bond donors (Lipinski definition) is 1. The highest BCUT2D eigenvalue weighted by Gasteiger charge is 2.27. The summed E-state index contributed by atoms with van der Waals surface area (Å²) in [5, 5.41) is 3.15. The van der Waals surface area contributed by atoms with Crippen molar-refractivity contribution in [1.82, 2.24) is 0 Å². The number of anilines is 1. The predicted molar refractivity (Wildman–Crippen MR) is 72.9 cm³/mol. The van der Waals surface area contributed by atoms with Crippen molar-refractivity contribution in [2.45, 2.75) is 27.2 Å². The normalized spacial score (nSPS) is 16.4. The van der Waals surface area contributed by atoms with Crippen molar-refractivity contribution in [3.63, 3.8) is 0 Å². The Morgan fingerprint density at radius 1 is 1.05 bits per heavy atom. The molecule has 100 valence electrons. The van der Waals surface area contributed by atoms with E-state index in [0.29, 0.717) is 35.3 Å². The van der Waals surface area contributed by atoms with Gasteiger partial charge in [0.05, 0.1) is 12.0 Å². The topological polar surface area (TPSA) is 59.3 Å². The summed E-state index contributed by atoms with van der Waals surface area (Å²) >= 11 is 0. The van der Waals surface area contributed by atoms with Gasteiger partial charge in [-0.3, -0.25) is 9.59 Å². The number of nitrogens with one attached hydrogen (secondary N) is 1. The van der Waals surface area contributed by atoms with Crippen molar-refractivity contribution >= 4 is 17.3 Å². The van der Waals surface area contributed by atoms with Crippen LogP contribution in [0.2, 0.25) is 0 Å². The second-order valence-electron chi connectivity index (χ2n) is 4.70. The molecule has 0 saturated carbocycles. The van der Waals surface area contributed by atoms with E-state index in [2.05, 4.69) is 5.32 Å². The molecule has 0 spiro atoms. The van der Waals surface area contributed by atoms with E-state index in [1.807, 2.05) is 6.07 Å². The number of allylic oxidation sites excluding steroid dienone is 3. The Morgan fingerprint density at radius 2 is 1.74 bits per heavy atom. The number of furan rings is 1. The highest BCUT2D eigenvalue weighted by atomic mass is 16.3. The second kappa shape index (κ2) is 5.26. The van der Waals surface area contributed by atoms with Crippen LogP contribution in [0.1, 0.15) is 27.2 Å². The minimum absolute atomic E-state index is 0.0106. The third-order valence-electron chi connectivity index (χ3n) is 3.54. The molecule has 4 heteroatoms. The van der Waals surface area contributed by atoms with Crippen LogP contribution in [0.15, 0.2) is 45.3 Å². The van der Waals surface area contributed by atoms with Crippen LogP contribution >= 0.6 is 0 Å². The number of hydrogen-bond acceptors (Lipinski definition) is 4. The minimum Gasteiger partial charge on any atom is -0.470 e. The fraction of sp³-hybridized carbons (Fsp3) is 0.333. The SMILES string of the molecule is CC1=C(C)C(=O)C(CCNc2ccoc2)=C(C)C1=O. The maximum absolute atomic E-state index is 12.2. The first-order chi connectivity index (χ1) is 9.02.